The number of aryl methyl sites for hydroxylation is 1. The molecular formula is C26H33ClN4O2. The van der Waals surface area contributed by atoms with Crippen LogP contribution < -0.4 is 15.5 Å². The largest absolute Gasteiger partial charge is 0.371 e. The number of piperidine rings is 2. The van der Waals surface area contributed by atoms with Crippen molar-refractivity contribution < 1.29 is 9.59 Å². The van der Waals surface area contributed by atoms with Crippen molar-refractivity contribution in [3.8, 4) is 0 Å². The van der Waals surface area contributed by atoms with Crippen LogP contribution in [0.2, 0.25) is 5.02 Å². The summed E-state index contributed by atoms with van der Waals surface area (Å²) in [6.45, 7) is 7.64. The summed E-state index contributed by atoms with van der Waals surface area (Å²) in [4.78, 5) is 30.4. The van der Waals surface area contributed by atoms with E-state index in [0.717, 1.165) is 63.1 Å². The van der Waals surface area contributed by atoms with Gasteiger partial charge in [0.25, 0.3) is 5.91 Å². The molecule has 0 radical (unpaired) electrons. The van der Waals surface area contributed by atoms with Gasteiger partial charge in [0.1, 0.15) is 0 Å². The smallest absolute Gasteiger partial charge is 0.323 e. The van der Waals surface area contributed by atoms with E-state index in [1.165, 1.54) is 6.42 Å². The molecule has 0 atom stereocenters. The van der Waals surface area contributed by atoms with Crippen molar-refractivity contribution in [3.05, 3.63) is 52.5 Å². The first kappa shape index (κ1) is 23.4. The Morgan fingerprint density at radius 3 is 2.21 bits per heavy atom. The molecule has 2 aliphatic heterocycles. The number of rotatable bonds is 4. The molecule has 6 nitrogen and oxygen atoms in total. The first-order valence-electron chi connectivity index (χ1n) is 11.9. The van der Waals surface area contributed by atoms with Gasteiger partial charge in [0.2, 0.25) is 0 Å². The molecular weight excluding hydrogens is 436 g/mol. The van der Waals surface area contributed by atoms with E-state index >= 15 is 0 Å². The van der Waals surface area contributed by atoms with Crippen LogP contribution in [0.5, 0.6) is 0 Å². The number of carbonyl (C=O) groups is 2. The van der Waals surface area contributed by atoms with Crippen LogP contribution in [-0.2, 0) is 0 Å². The maximum absolute atomic E-state index is 13.5. The molecule has 0 aliphatic carbocycles. The summed E-state index contributed by atoms with van der Waals surface area (Å²) < 4.78 is 0. The van der Waals surface area contributed by atoms with Crippen molar-refractivity contribution in [1.82, 2.24) is 4.90 Å². The van der Waals surface area contributed by atoms with Crippen LogP contribution in [0.4, 0.5) is 21.9 Å². The van der Waals surface area contributed by atoms with E-state index in [9.17, 15) is 9.59 Å². The Morgan fingerprint density at radius 2 is 1.55 bits per heavy atom. The number of anilines is 3. The third kappa shape index (κ3) is 5.80. The Hall–Kier alpha value is -2.73. The van der Waals surface area contributed by atoms with Gasteiger partial charge in [-0.25, -0.2) is 4.79 Å². The lowest BCUT2D eigenvalue weighted by Gasteiger charge is -2.34. The number of hydrogen-bond acceptors (Lipinski definition) is 3. The van der Waals surface area contributed by atoms with Crippen LogP contribution in [0.15, 0.2) is 36.4 Å². The van der Waals surface area contributed by atoms with Gasteiger partial charge in [-0.1, -0.05) is 24.6 Å². The van der Waals surface area contributed by atoms with Gasteiger partial charge in [0.05, 0.1) is 5.56 Å². The fourth-order valence-electron chi connectivity index (χ4n) is 4.54. The molecule has 0 aromatic heterocycles. The number of nitrogens with one attached hydrogen (secondary N) is 2. The Morgan fingerprint density at radius 1 is 0.909 bits per heavy atom. The molecule has 2 N–H and O–H groups in total. The lowest BCUT2D eigenvalue weighted by molar-refractivity contribution is 0.0697. The maximum Gasteiger partial charge on any atom is 0.323 e. The zero-order valence-corrected chi connectivity index (χ0v) is 20.3. The number of carbonyl (C=O) groups excluding carboxylic acids is 2. The zero-order chi connectivity index (χ0) is 23.4. The van der Waals surface area contributed by atoms with Gasteiger partial charge in [-0.2, -0.15) is 0 Å². The van der Waals surface area contributed by atoms with Gasteiger partial charge >= 0.3 is 6.03 Å². The van der Waals surface area contributed by atoms with E-state index in [-0.39, 0.29) is 11.9 Å². The monoisotopic (exact) mass is 468 g/mol. The summed E-state index contributed by atoms with van der Waals surface area (Å²) >= 11 is 6.17. The molecule has 2 aromatic carbocycles. The number of urea groups is 1. The summed E-state index contributed by atoms with van der Waals surface area (Å²) in [5, 5.41) is 6.29. The van der Waals surface area contributed by atoms with Gasteiger partial charge in [-0.15, -0.1) is 0 Å². The van der Waals surface area contributed by atoms with Crippen molar-refractivity contribution in [2.24, 2.45) is 5.92 Å². The van der Waals surface area contributed by atoms with E-state index in [4.69, 9.17) is 11.6 Å². The summed E-state index contributed by atoms with van der Waals surface area (Å²) in [6, 6.07) is 10.7. The molecule has 176 valence electrons. The standard InChI is InChI=1S/C26H33ClN4O2/c1-18-10-14-31(15-11-18)25(32)22-16-20(8-9-24(22)30-12-4-3-5-13-30)28-26(33)29-21-7-6-19(2)23(27)17-21/h6-9,16-18H,3-5,10-15H2,1-2H3,(H2,28,29,33). The SMILES string of the molecule is Cc1ccc(NC(=O)Nc2ccc(N3CCCCC3)c(C(=O)N3CCC(C)CC3)c2)cc1Cl. The van der Waals surface area contributed by atoms with Crippen LogP contribution in [0.25, 0.3) is 0 Å². The molecule has 3 amide bonds. The molecule has 2 aliphatic rings. The van der Waals surface area contributed by atoms with Crippen molar-refractivity contribution in [2.45, 2.75) is 46.0 Å². The highest BCUT2D eigenvalue weighted by molar-refractivity contribution is 6.31. The zero-order valence-electron chi connectivity index (χ0n) is 19.5. The highest BCUT2D eigenvalue weighted by Crippen LogP contribution is 2.30. The van der Waals surface area contributed by atoms with E-state index in [1.54, 1.807) is 6.07 Å². The maximum atomic E-state index is 13.5. The van der Waals surface area contributed by atoms with Crippen molar-refractivity contribution in [2.75, 3.05) is 41.7 Å². The van der Waals surface area contributed by atoms with Crippen molar-refractivity contribution in [1.29, 1.82) is 0 Å². The molecule has 33 heavy (non-hydrogen) atoms. The third-order valence-electron chi connectivity index (χ3n) is 6.68. The number of benzene rings is 2. The summed E-state index contributed by atoms with van der Waals surface area (Å²) in [7, 11) is 0. The molecule has 0 saturated carbocycles. The average Bonchev–Trinajstić information content (AvgIpc) is 2.82. The molecule has 4 rings (SSSR count). The minimum absolute atomic E-state index is 0.0526. The summed E-state index contributed by atoms with van der Waals surface area (Å²) in [5.41, 5.74) is 3.80. The van der Waals surface area contributed by atoms with Gasteiger partial charge in [-0.3, -0.25) is 4.79 Å². The van der Waals surface area contributed by atoms with Crippen molar-refractivity contribution >= 4 is 40.6 Å². The van der Waals surface area contributed by atoms with Crippen LogP contribution in [-0.4, -0.2) is 43.0 Å². The molecule has 2 fully saturated rings. The second kappa shape index (κ2) is 10.5. The fraction of sp³-hybridized carbons (Fsp3) is 0.462. The van der Waals surface area contributed by atoms with Gasteiger partial charge in [0, 0.05) is 48.3 Å². The van der Waals surface area contributed by atoms with Gasteiger partial charge < -0.3 is 20.4 Å². The van der Waals surface area contributed by atoms with Gasteiger partial charge in [0.15, 0.2) is 0 Å². The van der Waals surface area contributed by atoms with E-state index in [1.807, 2.05) is 42.2 Å². The quantitative estimate of drug-likeness (QED) is 0.565. The first-order valence-corrected chi connectivity index (χ1v) is 12.3. The van der Waals surface area contributed by atoms with Crippen LogP contribution in [0.3, 0.4) is 0 Å². The van der Waals surface area contributed by atoms with E-state index < -0.39 is 0 Å². The van der Waals surface area contributed by atoms with Crippen molar-refractivity contribution in [3.63, 3.8) is 0 Å². The van der Waals surface area contributed by atoms with Crippen LogP contribution in [0.1, 0.15) is 54.9 Å². The lowest BCUT2D eigenvalue weighted by Crippen LogP contribution is -2.39. The molecule has 0 unspecified atom stereocenters. The Bertz CT molecular complexity index is 1010. The van der Waals surface area contributed by atoms with Gasteiger partial charge in [-0.05, 0) is 80.8 Å². The second-order valence-electron chi connectivity index (χ2n) is 9.30. The predicted molar refractivity (Wildman–Crippen MR) is 136 cm³/mol. The van der Waals surface area contributed by atoms with Crippen LogP contribution >= 0.6 is 11.6 Å². The third-order valence-corrected chi connectivity index (χ3v) is 7.09. The molecule has 2 aromatic rings. The van der Waals surface area contributed by atoms with E-state index in [0.29, 0.717) is 27.9 Å². The number of nitrogens with zero attached hydrogens (tertiary/aromatic N) is 2. The molecule has 2 saturated heterocycles. The number of halogens is 1. The minimum atomic E-state index is -0.370. The highest BCUT2D eigenvalue weighted by Gasteiger charge is 2.26. The normalized spacial score (nSPS) is 17.1. The fourth-order valence-corrected chi connectivity index (χ4v) is 4.72. The first-order chi connectivity index (χ1) is 15.9. The summed E-state index contributed by atoms with van der Waals surface area (Å²) in [5.74, 6) is 0.708. The predicted octanol–water partition coefficient (Wildman–Crippen LogP) is 6.15. The molecule has 0 spiro atoms. The minimum Gasteiger partial charge on any atom is -0.371 e. The lowest BCUT2D eigenvalue weighted by atomic mass is 9.98. The topological polar surface area (TPSA) is 64.7 Å². The summed E-state index contributed by atoms with van der Waals surface area (Å²) in [6.07, 6.45) is 5.56. The average molecular weight is 469 g/mol. The van der Waals surface area contributed by atoms with E-state index in [2.05, 4.69) is 22.5 Å². The molecule has 7 heteroatoms. The second-order valence-corrected chi connectivity index (χ2v) is 9.70. The Kier molecular flexibility index (Phi) is 7.43. The molecule has 2 heterocycles. The Labute approximate surface area is 201 Å². The van der Waals surface area contributed by atoms with Crippen LogP contribution in [0, 0.1) is 12.8 Å². The number of likely N-dealkylation sites (tertiary alicyclic amines) is 1. The number of hydrogen-bond donors (Lipinski definition) is 2. The molecule has 0 bridgehead atoms. The highest BCUT2D eigenvalue weighted by atomic mass is 35.5. The number of amides is 3. The Balaban J connectivity index is 1.54.